The summed E-state index contributed by atoms with van der Waals surface area (Å²) in [4.78, 5) is 6.86. The molecule has 1 aliphatic carbocycles. The van der Waals surface area contributed by atoms with Gasteiger partial charge in [0, 0.05) is 30.1 Å². The molecule has 0 bridgehead atoms. The average Bonchev–Trinajstić information content (AvgIpc) is 3.14. The van der Waals surface area contributed by atoms with Crippen LogP contribution in [0.1, 0.15) is 18.9 Å². The lowest BCUT2D eigenvalue weighted by Crippen LogP contribution is -2.21. The fourth-order valence-corrected chi connectivity index (χ4v) is 2.87. The molecule has 3 rings (SSSR count). The van der Waals surface area contributed by atoms with E-state index in [1.54, 1.807) is 7.11 Å². The van der Waals surface area contributed by atoms with E-state index in [4.69, 9.17) is 10.5 Å². The minimum absolute atomic E-state index is 0.617. The molecule has 1 fully saturated rings. The highest BCUT2D eigenvalue weighted by Crippen LogP contribution is 2.38. The molecule has 0 aliphatic heterocycles. The Morgan fingerprint density at radius 3 is 2.81 bits per heavy atom. The number of rotatable bonds is 5. The summed E-state index contributed by atoms with van der Waals surface area (Å²) < 4.78 is 5.23. The molecule has 1 aromatic carbocycles. The fraction of sp³-hybridized carbons (Fsp3) is 0.471. The molecule has 4 nitrogen and oxygen atoms in total. The van der Waals surface area contributed by atoms with Crippen LogP contribution in [0.2, 0.25) is 0 Å². The van der Waals surface area contributed by atoms with Crippen LogP contribution in [0.5, 0.6) is 5.75 Å². The van der Waals surface area contributed by atoms with Gasteiger partial charge in [-0.25, -0.2) is 4.98 Å². The van der Waals surface area contributed by atoms with Crippen molar-refractivity contribution in [3.63, 3.8) is 0 Å². The van der Waals surface area contributed by atoms with E-state index in [1.807, 2.05) is 18.2 Å². The van der Waals surface area contributed by atoms with Crippen LogP contribution >= 0.6 is 0 Å². The molecule has 112 valence electrons. The van der Waals surface area contributed by atoms with E-state index in [2.05, 4.69) is 29.9 Å². The van der Waals surface area contributed by atoms with Gasteiger partial charge in [-0.15, -0.1) is 0 Å². The number of anilines is 1. The first-order valence-corrected chi connectivity index (χ1v) is 7.48. The van der Waals surface area contributed by atoms with E-state index in [-0.39, 0.29) is 0 Å². The Morgan fingerprint density at radius 2 is 2.14 bits per heavy atom. The van der Waals surface area contributed by atoms with Crippen LogP contribution in [0.3, 0.4) is 0 Å². The van der Waals surface area contributed by atoms with Crippen molar-refractivity contribution in [1.29, 1.82) is 0 Å². The average molecular weight is 285 g/mol. The number of nitrogen functional groups attached to an aromatic ring is 1. The Balaban J connectivity index is 1.80. The standard InChI is InChI=1S/C17H23N3O/c1-11-6-13(11)9-20(2)10-14-7-12-4-5-15(21-3)8-16(12)19-17(14)18/h4-5,7-8,11,13H,6,9-10H2,1-3H3,(H2,18,19). The lowest BCUT2D eigenvalue weighted by molar-refractivity contribution is 0.308. The van der Waals surface area contributed by atoms with Gasteiger partial charge in [0.25, 0.3) is 0 Å². The molecule has 0 radical (unpaired) electrons. The first-order chi connectivity index (χ1) is 10.1. The van der Waals surface area contributed by atoms with Crippen LogP contribution < -0.4 is 10.5 Å². The lowest BCUT2D eigenvalue weighted by atomic mass is 10.1. The Hall–Kier alpha value is -1.81. The third-order valence-corrected chi connectivity index (χ3v) is 4.40. The number of hydrogen-bond donors (Lipinski definition) is 1. The van der Waals surface area contributed by atoms with Crippen molar-refractivity contribution in [3.05, 3.63) is 29.8 Å². The van der Waals surface area contributed by atoms with Crippen molar-refractivity contribution in [3.8, 4) is 5.75 Å². The molecule has 0 saturated heterocycles. The smallest absolute Gasteiger partial charge is 0.128 e. The molecule has 1 saturated carbocycles. The SMILES string of the molecule is COc1ccc2cc(CN(C)CC3CC3C)c(N)nc2c1. The number of benzene rings is 1. The Labute approximate surface area is 125 Å². The van der Waals surface area contributed by atoms with Gasteiger partial charge >= 0.3 is 0 Å². The normalized spacial score (nSPS) is 21.0. The second-order valence-corrected chi connectivity index (χ2v) is 6.26. The summed E-state index contributed by atoms with van der Waals surface area (Å²) in [6, 6.07) is 8.06. The topological polar surface area (TPSA) is 51.4 Å². The zero-order valence-corrected chi connectivity index (χ0v) is 13.0. The molecule has 21 heavy (non-hydrogen) atoms. The second kappa shape index (κ2) is 5.53. The van der Waals surface area contributed by atoms with E-state index < -0.39 is 0 Å². The lowest BCUT2D eigenvalue weighted by Gasteiger charge is -2.18. The molecule has 4 heteroatoms. The monoisotopic (exact) mass is 285 g/mol. The third-order valence-electron chi connectivity index (χ3n) is 4.40. The van der Waals surface area contributed by atoms with Gasteiger partial charge in [-0.3, -0.25) is 0 Å². The van der Waals surface area contributed by atoms with E-state index in [0.29, 0.717) is 5.82 Å². The fourth-order valence-electron chi connectivity index (χ4n) is 2.87. The van der Waals surface area contributed by atoms with Gasteiger partial charge < -0.3 is 15.4 Å². The van der Waals surface area contributed by atoms with Gasteiger partial charge in [0.15, 0.2) is 0 Å². The van der Waals surface area contributed by atoms with Crippen LogP contribution in [0.4, 0.5) is 5.82 Å². The van der Waals surface area contributed by atoms with Gasteiger partial charge in [-0.1, -0.05) is 6.92 Å². The predicted molar refractivity (Wildman–Crippen MR) is 86.3 cm³/mol. The summed E-state index contributed by atoms with van der Waals surface area (Å²) >= 11 is 0. The molecule has 1 aliphatic rings. The number of nitrogens with two attached hydrogens (primary N) is 1. The van der Waals surface area contributed by atoms with E-state index in [9.17, 15) is 0 Å². The maximum atomic E-state index is 6.12. The maximum Gasteiger partial charge on any atom is 0.128 e. The molecule has 2 atom stereocenters. The van der Waals surface area contributed by atoms with Gasteiger partial charge in [0.2, 0.25) is 0 Å². The number of aromatic nitrogens is 1. The van der Waals surface area contributed by atoms with Crippen LogP contribution in [-0.2, 0) is 6.54 Å². The molecular formula is C17H23N3O. The summed E-state index contributed by atoms with van der Waals surface area (Å²) in [6.07, 6.45) is 1.36. The Bertz CT molecular complexity index is 656. The van der Waals surface area contributed by atoms with E-state index >= 15 is 0 Å². The van der Waals surface area contributed by atoms with Crippen molar-refractivity contribution in [2.75, 3.05) is 26.4 Å². The van der Waals surface area contributed by atoms with Crippen LogP contribution in [0.25, 0.3) is 10.9 Å². The van der Waals surface area contributed by atoms with Gasteiger partial charge in [-0.05, 0) is 43.5 Å². The highest BCUT2D eigenvalue weighted by atomic mass is 16.5. The highest BCUT2D eigenvalue weighted by Gasteiger charge is 2.33. The molecule has 0 spiro atoms. The van der Waals surface area contributed by atoms with Crippen molar-refractivity contribution < 1.29 is 4.74 Å². The van der Waals surface area contributed by atoms with Crippen molar-refractivity contribution >= 4 is 16.7 Å². The molecule has 2 N–H and O–H groups in total. The second-order valence-electron chi connectivity index (χ2n) is 6.26. The third kappa shape index (κ3) is 3.10. The first kappa shape index (κ1) is 14.1. The number of methoxy groups -OCH3 is 1. The molecule has 1 heterocycles. The number of hydrogen-bond acceptors (Lipinski definition) is 4. The summed E-state index contributed by atoms with van der Waals surface area (Å²) in [5.74, 6) is 3.16. The Morgan fingerprint density at radius 1 is 1.38 bits per heavy atom. The number of fused-ring (bicyclic) bond motifs is 1. The highest BCUT2D eigenvalue weighted by molar-refractivity contribution is 5.82. The zero-order chi connectivity index (χ0) is 15.0. The molecule has 1 aromatic heterocycles. The van der Waals surface area contributed by atoms with Crippen molar-refractivity contribution in [2.45, 2.75) is 19.9 Å². The van der Waals surface area contributed by atoms with Crippen LogP contribution in [-0.4, -0.2) is 30.6 Å². The summed E-state index contributed by atoms with van der Waals surface area (Å²) in [5.41, 5.74) is 8.11. The summed E-state index contributed by atoms with van der Waals surface area (Å²) in [6.45, 7) is 4.31. The van der Waals surface area contributed by atoms with E-state index in [1.165, 1.54) is 6.42 Å². The Kier molecular flexibility index (Phi) is 3.72. The maximum absolute atomic E-state index is 6.12. The minimum Gasteiger partial charge on any atom is -0.497 e. The molecular weight excluding hydrogens is 262 g/mol. The quantitative estimate of drug-likeness (QED) is 0.917. The zero-order valence-electron chi connectivity index (χ0n) is 13.0. The largest absolute Gasteiger partial charge is 0.497 e. The van der Waals surface area contributed by atoms with Gasteiger partial charge in [-0.2, -0.15) is 0 Å². The van der Waals surface area contributed by atoms with Crippen molar-refractivity contribution in [1.82, 2.24) is 9.88 Å². The minimum atomic E-state index is 0.617. The van der Waals surface area contributed by atoms with Crippen LogP contribution in [0.15, 0.2) is 24.3 Å². The first-order valence-electron chi connectivity index (χ1n) is 7.48. The summed E-state index contributed by atoms with van der Waals surface area (Å²) in [5, 5.41) is 1.10. The summed E-state index contributed by atoms with van der Waals surface area (Å²) in [7, 11) is 3.81. The predicted octanol–water partition coefficient (Wildman–Crippen LogP) is 2.91. The van der Waals surface area contributed by atoms with Gasteiger partial charge in [0.1, 0.15) is 11.6 Å². The number of ether oxygens (including phenoxy) is 1. The van der Waals surface area contributed by atoms with E-state index in [0.717, 1.165) is 47.1 Å². The molecule has 0 amide bonds. The van der Waals surface area contributed by atoms with Crippen LogP contribution in [0, 0.1) is 11.8 Å². The number of pyridine rings is 1. The molecule has 2 unspecified atom stereocenters. The molecule has 2 aromatic rings. The van der Waals surface area contributed by atoms with Gasteiger partial charge in [0.05, 0.1) is 12.6 Å². The number of nitrogens with zero attached hydrogens (tertiary/aromatic N) is 2. The van der Waals surface area contributed by atoms with Crippen molar-refractivity contribution in [2.24, 2.45) is 11.8 Å².